The van der Waals surface area contributed by atoms with Gasteiger partial charge in [-0.15, -0.1) is 0 Å². The third kappa shape index (κ3) is 2.61. The number of fused-ring (bicyclic) bond motifs is 1. The number of hydrogen-bond acceptors (Lipinski definition) is 4. The number of alkyl carbamates (subject to hydrolysis) is 1. The number of halogens is 1. The summed E-state index contributed by atoms with van der Waals surface area (Å²) in [6, 6.07) is 11.8. The van der Waals surface area contributed by atoms with Crippen molar-refractivity contribution in [2.24, 2.45) is 5.73 Å². The largest absolute Gasteiger partial charge is 0.443 e. The molecule has 3 aromatic rings. The number of primary amides is 1. The highest BCUT2D eigenvalue weighted by Gasteiger charge is 2.47. The van der Waals surface area contributed by atoms with Crippen LogP contribution in [0.4, 0.5) is 9.18 Å². The number of para-hydroxylation sites is 2. The number of nitrogens with one attached hydrogen (secondary N) is 1. The van der Waals surface area contributed by atoms with Crippen LogP contribution in [0.25, 0.3) is 16.7 Å². The van der Waals surface area contributed by atoms with E-state index in [4.69, 9.17) is 10.5 Å². The normalized spacial score (nSPS) is 18.7. The monoisotopic (exact) mass is 368 g/mol. The van der Waals surface area contributed by atoms with E-state index >= 15 is 0 Å². The number of aromatic nitrogens is 2. The fraction of sp³-hybridized carbons (Fsp3) is 0.211. The van der Waals surface area contributed by atoms with Gasteiger partial charge in [0.15, 0.2) is 0 Å². The lowest BCUT2D eigenvalue weighted by Crippen LogP contribution is -2.49. The third-order valence-electron chi connectivity index (χ3n) is 5.10. The number of nitrogens with two attached hydrogens (primary N) is 1. The molecule has 2 unspecified atom stereocenters. The number of carbonyl (C=O) groups is 2. The summed E-state index contributed by atoms with van der Waals surface area (Å²) in [5, 5.41) is 2.49. The summed E-state index contributed by atoms with van der Waals surface area (Å²) in [5.41, 5.74) is 6.35. The number of imidazole rings is 1. The molecule has 1 aromatic heterocycles. The zero-order valence-corrected chi connectivity index (χ0v) is 14.5. The maximum atomic E-state index is 15.0. The van der Waals surface area contributed by atoms with Crippen molar-refractivity contribution in [3.8, 4) is 5.69 Å². The van der Waals surface area contributed by atoms with E-state index in [1.165, 1.54) is 6.07 Å². The molecule has 1 fully saturated rings. The minimum Gasteiger partial charge on any atom is -0.443 e. The number of ether oxygens (including phenoxy) is 1. The van der Waals surface area contributed by atoms with Gasteiger partial charge in [0.2, 0.25) is 5.91 Å². The van der Waals surface area contributed by atoms with Crippen LogP contribution in [0.1, 0.15) is 12.5 Å². The molecule has 27 heavy (non-hydrogen) atoms. The number of carbonyl (C=O) groups excluding carboxylic acids is 2. The van der Waals surface area contributed by atoms with E-state index in [1.807, 2.05) is 24.3 Å². The van der Waals surface area contributed by atoms with Crippen molar-refractivity contribution in [3.05, 3.63) is 60.2 Å². The van der Waals surface area contributed by atoms with Crippen LogP contribution in [-0.4, -0.2) is 34.2 Å². The summed E-state index contributed by atoms with van der Waals surface area (Å²) < 4.78 is 21.8. The lowest BCUT2D eigenvalue weighted by atomic mass is 9.76. The predicted octanol–water partition coefficient (Wildman–Crippen LogP) is 2.02. The Balaban J connectivity index is 1.78. The van der Waals surface area contributed by atoms with E-state index in [2.05, 4.69) is 10.3 Å². The average molecular weight is 368 g/mol. The highest BCUT2D eigenvalue weighted by molar-refractivity contribution is 5.88. The number of nitrogens with zero attached hydrogens (tertiary/aromatic N) is 2. The first kappa shape index (κ1) is 17.0. The Morgan fingerprint density at radius 2 is 2.15 bits per heavy atom. The van der Waals surface area contributed by atoms with Gasteiger partial charge in [-0.2, -0.15) is 0 Å². The van der Waals surface area contributed by atoms with Crippen LogP contribution < -0.4 is 11.1 Å². The Labute approximate surface area is 153 Å². The molecule has 7 nitrogen and oxygen atoms in total. The minimum absolute atomic E-state index is 0.119. The summed E-state index contributed by atoms with van der Waals surface area (Å²) in [5.74, 6) is -1.25. The summed E-state index contributed by atoms with van der Waals surface area (Å²) in [7, 11) is 0. The maximum absolute atomic E-state index is 15.0. The maximum Gasteiger partial charge on any atom is 0.407 e. The number of benzene rings is 2. The molecule has 4 rings (SSSR count). The van der Waals surface area contributed by atoms with E-state index in [-0.39, 0.29) is 6.54 Å². The standard InChI is InChI=1S/C19H17FN4O3/c1-19(17(21)25,16-9-22-18(26)27-16)11-6-7-14(12(20)8-11)24-10-23-13-4-2-3-5-15(13)24/h2-8,10,16H,9H2,1H3,(H2,21,25)(H,22,26). The third-order valence-corrected chi connectivity index (χ3v) is 5.10. The molecule has 138 valence electrons. The van der Waals surface area contributed by atoms with Crippen molar-refractivity contribution < 1.29 is 18.7 Å². The molecule has 0 bridgehead atoms. The summed E-state index contributed by atoms with van der Waals surface area (Å²) >= 11 is 0. The van der Waals surface area contributed by atoms with Gasteiger partial charge in [-0.25, -0.2) is 14.2 Å². The van der Waals surface area contributed by atoms with Crippen LogP contribution in [0, 0.1) is 5.82 Å². The van der Waals surface area contributed by atoms with Crippen LogP contribution in [0.2, 0.25) is 0 Å². The SMILES string of the molecule is CC(C(N)=O)(c1ccc(-n2cnc3ccccc32)c(F)c1)C1CNC(=O)O1. The van der Waals surface area contributed by atoms with Crippen molar-refractivity contribution in [2.45, 2.75) is 18.4 Å². The van der Waals surface area contributed by atoms with Crippen LogP contribution >= 0.6 is 0 Å². The molecule has 0 aliphatic carbocycles. The molecule has 2 amide bonds. The highest BCUT2D eigenvalue weighted by atomic mass is 19.1. The van der Waals surface area contributed by atoms with Gasteiger partial charge >= 0.3 is 6.09 Å². The van der Waals surface area contributed by atoms with E-state index in [9.17, 15) is 14.0 Å². The molecule has 0 saturated carbocycles. The van der Waals surface area contributed by atoms with Gasteiger partial charge in [-0.3, -0.25) is 9.36 Å². The number of cyclic esters (lactones) is 1. The van der Waals surface area contributed by atoms with E-state index in [0.29, 0.717) is 11.3 Å². The molecule has 1 aliphatic heterocycles. The first-order chi connectivity index (χ1) is 12.9. The number of amides is 2. The number of rotatable bonds is 4. The Kier molecular flexibility index (Phi) is 3.83. The second-order valence-corrected chi connectivity index (χ2v) is 6.61. The molecule has 3 N–H and O–H groups in total. The van der Waals surface area contributed by atoms with E-state index in [1.54, 1.807) is 30.0 Å². The Hall–Kier alpha value is -3.42. The van der Waals surface area contributed by atoms with Gasteiger partial charge in [0.05, 0.1) is 23.3 Å². The van der Waals surface area contributed by atoms with Gasteiger partial charge in [-0.05, 0) is 36.8 Å². The van der Waals surface area contributed by atoms with Crippen molar-refractivity contribution >= 4 is 23.0 Å². The Bertz CT molecular complexity index is 1060. The van der Waals surface area contributed by atoms with Gasteiger partial charge in [-0.1, -0.05) is 18.2 Å². The second-order valence-electron chi connectivity index (χ2n) is 6.61. The van der Waals surface area contributed by atoms with Crippen molar-refractivity contribution in [3.63, 3.8) is 0 Å². The van der Waals surface area contributed by atoms with Crippen LogP contribution in [0.5, 0.6) is 0 Å². The average Bonchev–Trinajstić information content (AvgIpc) is 3.27. The molecule has 0 radical (unpaired) electrons. The lowest BCUT2D eigenvalue weighted by Gasteiger charge is -2.31. The second kappa shape index (κ2) is 6.08. The minimum atomic E-state index is -1.37. The molecule has 8 heteroatoms. The zero-order valence-electron chi connectivity index (χ0n) is 14.5. The lowest BCUT2D eigenvalue weighted by molar-refractivity contribution is -0.126. The zero-order chi connectivity index (χ0) is 19.2. The van der Waals surface area contributed by atoms with Gasteiger partial charge in [0.1, 0.15) is 23.7 Å². The topological polar surface area (TPSA) is 99.2 Å². The van der Waals surface area contributed by atoms with Crippen molar-refractivity contribution in [2.75, 3.05) is 6.54 Å². The van der Waals surface area contributed by atoms with Crippen LogP contribution in [0.15, 0.2) is 48.8 Å². The Morgan fingerprint density at radius 3 is 2.81 bits per heavy atom. The molecule has 2 atom stereocenters. The molecule has 2 aromatic carbocycles. The molecule has 1 aliphatic rings. The molecule has 1 saturated heterocycles. The summed E-state index contributed by atoms with van der Waals surface area (Å²) in [4.78, 5) is 27.8. The van der Waals surface area contributed by atoms with Gasteiger partial charge in [0, 0.05) is 0 Å². The quantitative estimate of drug-likeness (QED) is 0.736. The van der Waals surface area contributed by atoms with E-state index in [0.717, 1.165) is 11.0 Å². The fourth-order valence-electron chi connectivity index (χ4n) is 3.37. The number of hydrogen-bond donors (Lipinski definition) is 2. The molecular formula is C19H17FN4O3. The van der Waals surface area contributed by atoms with E-state index < -0.39 is 29.3 Å². The smallest absolute Gasteiger partial charge is 0.407 e. The van der Waals surface area contributed by atoms with Crippen molar-refractivity contribution in [1.29, 1.82) is 0 Å². The van der Waals surface area contributed by atoms with Crippen LogP contribution in [0.3, 0.4) is 0 Å². The highest BCUT2D eigenvalue weighted by Crippen LogP contribution is 2.33. The molecular weight excluding hydrogens is 351 g/mol. The van der Waals surface area contributed by atoms with Gasteiger partial charge in [0.25, 0.3) is 0 Å². The first-order valence-corrected chi connectivity index (χ1v) is 8.38. The summed E-state index contributed by atoms with van der Waals surface area (Å²) in [6.45, 7) is 1.66. The predicted molar refractivity (Wildman–Crippen MR) is 95.8 cm³/mol. The van der Waals surface area contributed by atoms with Crippen molar-refractivity contribution in [1.82, 2.24) is 14.9 Å². The molecule has 2 heterocycles. The molecule has 0 spiro atoms. The van der Waals surface area contributed by atoms with Gasteiger partial charge < -0.3 is 15.8 Å². The van der Waals surface area contributed by atoms with Crippen LogP contribution in [-0.2, 0) is 14.9 Å². The first-order valence-electron chi connectivity index (χ1n) is 8.38. The summed E-state index contributed by atoms with van der Waals surface area (Å²) in [6.07, 6.45) is 0.0925. The Morgan fingerprint density at radius 1 is 1.37 bits per heavy atom. The fourth-order valence-corrected chi connectivity index (χ4v) is 3.37.